The minimum Gasteiger partial charge on any atom is -0.467 e. The molecule has 2 saturated heterocycles. The van der Waals surface area contributed by atoms with Gasteiger partial charge in [-0.3, -0.25) is 4.98 Å². The average molecular weight is 552 g/mol. The summed E-state index contributed by atoms with van der Waals surface area (Å²) < 4.78 is 21.5. The highest BCUT2D eigenvalue weighted by Crippen LogP contribution is 2.45. The number of thiophene rings is 1. The zero-order valence-electron chi connectivity index (χ0n) is 22.0. The van der Waals surface area contributed by atoms with E-state index in [1.165, 1.54) is 17.4 Å². The molecule has 7 rings (SSSR count). The fourth-order valence-corrected chi connectivity index (χ4v) is 7.23. The predicted molar refractivity (Wildman–Crippen MR) is 159 cm³/mol. The van der Waals surface area contributed by atoms with Gasteiger partial charge in [0.25, 0.3) is 0 Å². The first-order valence-corrected chi connectivity index (χ1v) is 14.0. The summed E-state index contributed by atoms with van der Waals surface area (Å²) in [5.41, 5.74) is 5.19. The summed E-state index contributed by atoms with van der Waals surface area (Å²) in [5.74, 6) is 3.00. The number of anilines is 1. The molecule has 2 bridgehead atoms. The number of terminal acetylenes is 1. The lowest BCUT2D eigenvalue weighted by atomic mass is 9.92. The number of rotatable bonds is 5. The van der Waals surface area contributed by atoms with Crippen molar-refractivity contribution in [3.63, 3.8) is 0 Å². The monoisotopic (exact) mass is 551 g/mol. The van der Waals surface area contributed by atoms with Crippen molar-refractivity contribution in [3.8, 4) is 29.6 Å². The van der Waals surface area contributed by atoms with Crippen LogP contribution in [0.25, 0.3) is 42.3 Å². The molecule has 2 unspecified atom stereocenters. The molecular formula is C30H26FN7OS. The van der Waals surface area contributed by atoms with Gasteiger partial charge in [0.15, 0.2) is 0 Å². The number of nitrogens with zero attached hydrogens (tertiary/aromatic N) is 5. The molecule has 2 N–H and O–H groups in total. The van der Waals surface area contributed by atoms with Gasteiger partial charge in [-0.1, -0.05) is 24.1 Å². The second-order valence-electron chi connectivity index (χ2n) is 10.1. The highest BCUT2D eigenvalue weighted by molar-refractivity contribution is 7.26. The van der Waals surface area contributed by atoms with Gasteiger partial charge >= 0.3 is 6.01 Å². The fourth-order valence-electron chi connectivity index (χ4n) is 6.08. The van der Waals surface area contributed by atoms with E-state index in [1.54, 1.807) is 32.6 Å². The van der Waals surface area contributed by atoms with Crippen molar-refractivity contribution < 1.29 is 9.13 Å². The molecule has 2 aliphatic rings. The SMILES string of the molecule is C#Cc1c(F)ccc2ccc(/C=N\NC)c(-c3nccc4c3sc3nc(OC)nc(N5CC6CCC(C5)N6)c34)c12. The number of benzene rings is 2. The van der Waals surface area contributed by atoms with Gasteiger partial charge in [-0.25, -0.2) is 4.39 Å². The van der Waals surface area contributed by atoms with Crippen LogP contribution in [0.1, 0.15) is 24.0 Å². The number of aromatic nitrogens is 3. The molecule has 0 radical (unpaired) electrons. The van der Waals surface area contributed by atoms with E-state index in [-0.39, 0.29) is 5.56 Å². The summed E-state index contributed by atoms with van der Waals surface area (Å²) in [5, 5.41) is 11.4. The average Bonchev–Trinajstić information content (AvgIpc) is 3.53. The van der Waals surface area contributed by atoms with Crippen LogP contribution < -0.4 is 20.4 Å². The summed E-state index contributed by atoms with van der Waals surface area (Å²) in [6.07, 6.45) is 11.7. The Morgan fingerprint density at radius 1 is 1.18 bits per heavy atom. The maximum Gasteiger partial charge on any atom is 0.319 e. The molecule has 0 spiro atoms. The Kier molecular flexibility index (Phi) is 5.99. The molecule has 2 aliphatic heterocycles. The van der Waals surface area contributed by atoms with Gasteiger partial charge in [-0.2, -0.15) is 15.1 Å². The first-order valence-electron chi connectivity index (χ1n) is 13.2. The van der Waals surface area contributed by atoms with Gasteiger partial charge in [0.05, 0.1) is 34.7 Å². The Labute approximate surface area is 234 Å². The molecule has 3 aromatic heterocycles. The van der Waals surface area contributed by atoms with Crippen LogP contribution in [0.3, 0.4) is 0 Å². The van der Waals surface area contributed by atoms with Crippen molar-refractivity contribution in [1.82, 2.24) is 25.7 Å². The van der Waals surface area contributed by atoms with E-state index < -0.39 is 5.82 Å². The van der Waals surface area contributed by atoms with E-state index in [9.17, 15) is 0 Å². The number of methoxy groups -OCH3 is 1. The first kappa shape index (κ1) is 24.7. The molecule has 5 heterocycles. The van der Waals surface area contributed by atoms with Crippen molar-refractivity contribution in [2.24, 2.45) is 5.10 Å². The number of hydrogen-bond acceptors (Lipinski definition) is 9. The van der Waals surface area contributed by atoms with Crippen LogP contribution in [-0.2, 0) is 0 Å². The molecule has 0 amide bonds. The lowest BCUT2D eigenvalue weighted by Crippen LogP contribution is -2.51. The van der Waals surface area contributed by atoms with Crippen LogP contribution in [0.2, 0.25) is 0 Å². The molecular weight excluding hydrogens is 525 g/mol. The number of hydrazone groups is 1. The van der Waals surface area contributed by atoms with Gasteiger partial charge in [0, 0.05) is 60.3 Å². The highest BCUT2D eigenvalue weighted by Gasteiger charge is 2.34. The van der Waals surface area contributed by atoms with E-state index in [1.807, 2.05) is 18.2 Å². The number of ether oxygens (including phenoxy) is 1. The Hall–Kier alpha value is -4.33. The fraction of sp³-hybridized carbons (Fsp3) is 0.267. The molecule has 200 valence electrons. The standard InChI is InChI=1S/C30H26FN7OS/c1-4-20-22(31)10-7-16-5-6-17(13-34-32-2)24(23(16)20)26-27-21(11-12-33-26)25-28(36-30(39-3)37-29(25)40-27)38-14-18-8-9-19(15-38)35-18/h1,5-7,10-13,18-19,32,35H,8-9,14-15H2,2-3H3/b34-13-. The number of halogens is 1. The minimum atomic E-state index is -0.450. The summed E-state index contributed by atoms with van der Waals surface area (Å²) >= 11 is 1.53. The van der Waals surface area contributed by atoms with Crippen LogP contribution in [0, 0.1) is 18.2 Å². The Balaban J connectivity index is 1.55. The smallest absolute Gasteiger partial charge is 0.319 e. The molecule has 2 atom stereocenters. The second kappa shape index (κ2) is 9.70. The van der Waals surface area contributed by atoms with E-state index in [2.05, 4.69) is 26.7 Å². The van der Waals surface area contributed by atoms with Crippen molar-refractivity contribution in [3.05, 3.63) is 53.5 Å². The Morgan fingerprint density at radius 2 is 1.98 bits per heavy atom. The Bertz CT molecular complexity index is 1870. The molecule has 40 heavy (non-hydrogen) atoms. The van der Waals surface area contributed by atoms with Crippen LogP contribution in [0.15, 0.2) is 41.6 Å². The number of fused-ring (bicyclic) bond motifs is 6. The van der Waals surface area contributed by atoms with Gasteiger partial charge in [-0.05, 0) is 30.4 Å². The van der Waals surface area contributed by atoms with Crippen LogP contribution in [0.5, 0.6) is 6.01 Å². The van der Waals surface area contributed by atoms with Crippen molar-refractivity contribution in [1.29, 1.82) is 0 Å². The summed E-state index contributed by atoms with van der Waals surface area (Å²) in [7, 11) is 3.32. The van der Waals surface area contributed by atoms with Gasteiger partial charge in [-0.15, -0.1) is 17.8 Å². The minimum absolute atomic E-state index is 0.200. The third kappa shape index (κ3) is 3.85. The van der Waals surface area contributed by atoms with E-state index in [0.29, 0.717) is 29.2 Å². The first-order chi connectivity index (χ1) is 19.6. The van der Waals surface area contributed by atoms with Crippen LogP contribution in [0.4, 0.5) is 10.2 Å². The van der Waals surface area contributed by atoms with E-state index >= 15 is 4.39 Å². The van der Waals surface area contributed by atoms with Crippen molar-refractivity contribution >= 4 is 54.4 Å². The summed E-state index contributed by atoms with van der Waals surface area (Å²) in [6, 6.07) is 10.2. The van der Waals surface area contributed by atoms with Crippen LogP contribution >= 0.6 is 11.3 Å². The maximum absolute atomic E-state index is 15.0. The van der Waals surface area contributed by atoms with Crippen molar-refractivity contribution in [2.75, 3.05) is 32.1 Å². The van der Waals surface area contributed by atoms with Crippen LogP contribution in [-0.4, -0.2) is 60.5 Å². The number of pyridine rings is 1. The zero-order chi connectivity index (χ0) is 27.4. The molecule has 8 nitrogen and oxygen atoms in total. The van der Waals surface area contributed by atoms with Gasteiger partial charge in [0.1, 0.15) is 16.5 Å². The van der Waals surface area contributed by atoms with E-state index in [4.69, 9.17) is 26.1 Å². The quantitative estimate of drug-likeness (QED) is 0.186. The molecule has 0 aliphatic carbocycles. The molecule has 10 heteroatoms. The molecule has 2 aromatic carbocycles. The number of nitrogens with one attached hydrogen (secondary N) is 2. The third-order valence-electron chi connectivity index (χ3n) is 7.79. The van der Waals surface area contributed by atoms with Crippen molar-refractivity contribution in [2.45, 2.75) is 24.9 Å². The summed E-state index contributed by atoms with van der Waals surface area (Å²) in [4.78, 5) is 17.6. The maximum atomic E-state index is 15.0. The lowest BCUT2D eigenvalue weighted by molar-refractivity contribution is 0.380. The second-order valence-corrected chi connectivity index (χ2v) is 11.1. The largest absolute Gasteiger partial charge is 0.467 e. The topological polar surface area (TPSA) is 87.6 Å². The van der Waals surface area contributed by atoms with Gasteiger partial charge < -0.3 is 20.4 Å². The van der Waals surface area contributed by atoms with E-state index in [0.717, 1.165) is 68.6 Å². The number of piperazine rings is 1. The lowest BCUT2D eigenvalue weighted by Gasteiger charge is -2.34. The zero-order valence-corrected chi connectivity index (χ0v) is 22.8. The number of hydrogen-bond donors (Lipinski definition) is 2. The normalized spacial score (nSPS) is 18.7. The molecule has 5 aromatic rings. The third-order valence-corrected chi connectivity index (χ3v) is 8.90. The van der Waals surface area contributed by atoms with Gasteiger partial charge in [0.2, 0.25) is 0 Å². The molecule has 0 saturated carbocycles. The predicted octanol–water partition coefficient (Wildman–Crippen LogP) is 4.68. The summed E-state index contributed by atoms with van der Waals surface area (Å²) in [6.45, 7) is 1.75. The highest BCUT2D eigenvalue weighted by atomic mass is 32.1. The Morgan fingerprint density at radius 3 is 2.73 bits per heavy atom. The molecule has 2 fully saturated rings.